The zero-order valence-corrected chi connectivity index (χ0v) is 16.4. The number of amides is 1. The van der Waals surface area contributed by atoms with Crippen molar-refractivity contribution in [1.82, 2.24) is 0 Å². The first kappa shape index (κ1) is 20.9. The van der Waals surface area contributed by atoms with Gasteiger partial charge in [0.1, 0.15) is 12.4 Å². The van der Waals surface area contributed by atoms with Gasteiger partial charge < -0.3 is 10.1 Å². The summed E-state index contributed by atoms with van der Waals surface area (Å²) in [5.74, 6) is 0.476. The predicted octanol–water partition coefficient (Wildman–Crippen LogP) is 5.98. The van der Waals surface area contributed by atoms with E-state index in [1.54, 1.807) is 13.0 Å². The summed E-state index contributed by atoms with van der Waals surface area (Å²) < 4.78 is 32.9. The highest BCUT2D eigenvalue weighted by Gasteiger charge is 2.18. The first-order valence-electron chi connectivity index (χ1n) is 9.36. The minimum absolute atomic E-state index is 0.0300. The number of anilines is 1. The van der Waals surface area contributed by atoms with Gasteiger partial charge in [-0.05, 0) is 48.6 Å². The number of nitrogens with one attached hydrogen (secondary N) is 1. The molecule has 0 atom stereocenters. The normalized spacial score (nSPS) is 10.9. The Labute approximate surface area is 159 Å². The summed E-state index contributed by atoms with van der Waals surface area (Å²) in [5, 5.41) is 2.70. The van der Waals surface area contributed by atoms with Crippen molar-refractivity contribution in [3.8, 4) is 5.75 Å². The van der Waals surface area contributed by atoms with E-state index in [4.69, 9.17) is 4.74 Å². The van der Waals surface area contributed by atoms with Crippen LogP contribution in [0.3, 0.4) is 0 Å². The summed E-state index contributed by atoms with van der Waals surface area (Å²) in [6.45, 7) is 7.85. The van der Waals surface area contributed by atoms with Crippen LogP contribution in [-0.4, -0.2) is 5.91 Å². The van der Waals surface area contributed by atoms with Crippen molar-refractivity contribution in [1.29, 1.82) is 0 Å². The molecule has 0 radical (unpaired) electrons. The molecule has 0 aliphatic rings. The Morgan fingerprint density at radius 1 is 1.11 bits per heavy atom. The van der Waals surface area contributed by atoms with Gasteiger partial charge >= 0.3 is 0 Å². The molecule has 0 aliphatic carbocycles. The van der Waals surface area contributed by atoms with Crippen LogP contribution in [0.25, 0.3) is 0 Å². The van der Waals surface area contributed by atoms with Crippen LogP contribution in [0.15, 0.2) is 30.3 Å². The molecule has 2 aromatic carbocycles. The van der Waals surface area contributed by atoms with E-state index in [1.165, 1.54) is 17.7 Å². The van der Waals surface area contributed by atoms with Crippen molar-refractivity contribution in [3.05, 3.63) is 58.1 Å². The summed E-state index contributed by atoms with van der Waals surface area (Å²) in [7, 11) is 0. The number of halogens is 2. The molecule has 0 unspecified atom stereocenters. The maximum absolute atomic E-state index is 13.5. The summed E-state index contributed by atoms with van der Waals surface area (Å²) in [6, 6.07) is 8.60. The maximum Gasteiger partial charge on any atom is 0.264 e. The van der Waals surface area contributed by atoms with Gasteiger partial charge in [0.25, 0.3) is 6.43 Å². The SMILES string of the molecule is CCC(=O)Nc1cccc(C(F)F)c1COc1cc(C)c(CC)cc1CC. The number of hydrogen-bond donors (Lipinski definition) is 1. The van der Waals surface area contributed by atoms with E-state index in [0.29, 0.717) is 17.0 Å². The smallest absolute Gasteiger partial charge is 0.264 e. The second-order valence-electron chi connectivity index (χ2n) is 6.46. The number of rotatable bonds is 8. The Morgan fingerprint density at radius 2 is 1.81 bits per heavy atom. The number of aryl methyl sites for hydroxylation is 3. The van der Waals surface area contributed by atoms with Gasteiger partial charge in [-0.25, -0.2) is 8.78 Å². The zero-order chi connectivity index (χ0) is 20.0. The molecule has 0 saturated carbocycles. The highest BCUT2D eigenvalue weighted by Crippen LogP contribution is 2.31. The van der Waals surface area contributed by atoms with Crippen LogP contribution in [0.5, 0.6) is 5.75 Å². The molecule has 0 aromatic heterocycles. The molecule has 0 heterocycles. The maximum atomic E-state index is 13.5. The van der Waals surface area contributed by atoms with Crippen LogP contribution in [0.2, 0.25) is 0 Å². The Bertz CT molecular complexity index is 803. The van der Waals surface area contributed by atoms with Crippen LogP contribution in [0, 0.1) is 6.92 Å². The molecule has 5 heteroatoms. The van der Waals surface area contributed by atoms with E-state index in [9.17, 15) is 13.6 Å². The topological polar surface area (TPSA) is 38.3 Å². The number of carbonyl (C=O) groups is 1. The summed E-state index contributed by atoms with van der Waals surface area (Å²) in [5.41, 5.74) is 3.98. The minimum Gasteiger partial charge on any atom is -0.489 e. The van der Waals surface area contributed by atoms with Gasteiger partial charge in [-0.1, -0.05) is 39.0 Å². The molecule has 0 spiro atoms. The molecule has 2 aromatic rings. The standard InChI is InChI=1S/C22H27F2NO2/c1-5-15-12-16(6-2)20(11-14(15)4)27-13-18-17(22(23)24)9-8-10-19(18)25-21(26)7-3/h8-12,22H,5-7,13H2,1-4H3,(H,25,26). The molecule has 1 amide bonds. The molecular formula is C22H27F2NO2. The van der Waals surface area contributed by atoms with E-state index in [-0.39, 0.29) is 24.5 Å². The van der Waals surface area contributed by atoms with Gasteiger partial charge in [0, 0.05) is 23.2 Å². The van der Waals surface area contributed by atoms with Crippen molar-refractivity contribution >= 4 is 11.6 Å². The van der Waals surface area contributed by atoms with E-state index < -0.39 is 6.43 Å². The summed E-state index contributed by atoms with van der Waals surface area (Å²) >= 11 is 0. The number of benzene rings is 2. The second kappa shape index (κ2) is 9.49. The van der Waals surface area contributed by atoms with Gasteiger partial charge in [-0.15, -0.1) is 0 Å². The quantitative estimate of drug-likeness (QED) is 0.616. The van der Waals surface area contributed by atoms with Gasteiger partial charge in [-0.2, -0.15) is 0 Å². The monoisotopic (exact) mass is 375 g/mol. The Hall–Kier alpha value is -2.43. The lowest BCUT2D eigenvalue weighted by Crippen LogP contribution is -2.14. The molecule has 146 valence electrons. The van der Waals surface area contributed by atoms with E-state index in [0.717, 1.165) is 24.0 Å². The van der Waals surface area contributed by atoms with E-state index in [1.807, 2.05) is 19.9 Å². The highest BCUT2D eigenvalue weighted by molar-refractivity contribution is 5.91. The first-order valence-corrected chi connectivity index (χ1v) is 9.36. The molecule has 27 heavy (non-hydrogen) atoms. The van der Waals surface area contributed by atoms with E-state index in [2.05, 4.69) is 18.3 Å². The van der Waals surface area contributed by atoms with Crippen LogP contribution in [-0.2, 0) is 24.2 Å². The average molecular weight is 375 g/mol. The molecule has 0 bridgehead atoms. The fourth-order valence-electron chi connectivity index (χ4n) is 3.04. The van der Waals surface area contributed by atoms with Gasteiger partial charge in [-0.3, -0.25) is 4.79 Å². The van der Waals surface area contributed by atoms with Crippen molar-refractivity contribution in [3.63, 3.8) is 0 Å². The number of carbonyl (C=O) groups excluding carboxylic acids is 1. The number of hydrogen-bond acceptors (Lipinski definition) is 2. The van der Waals surface area contributed by atoms with Crippen LogP contribution in [0.1, 0.15) is 61.4 Å². The van der Waals surface area contributed by atoms with Crippen molar-refractivity contribution in [2.75, 3.05) is 5.32 Å². The van der Waals surface area contributed by atoms with Gasteiger partial charge in [0.05, 0.1) is 0 Å². The van der Waals surface area contributed by atoms with Gasteiger partial charge in [0.2, 0.25) is 5.91 Å². The molecule has 0 aliphatic heterocycles. The lowest BCUT2D eigenvalue weighted by molar-refractivity contribution is -0.115. The molecule has 0 saturated heterocycles. The Kier molecular flexibility index (Phi) is 7.34. The number of ether oxygens (including phenoxy) is 1. The molecule has 0 fully saturated rings. The average Bonchev–Trinajstić information content (AvgIpc) is 2.66. The molecular weight excluding hydrogens is 348 g/mol. The van der Waals surface area contributed by atoms with Crippen molar-refractivity contribution in [2.45, 2.75) is 60.0 Å². The van der Waals surface area contributed by atoms with Crippen molar-refractivity contribution < 1.29 is 18.3 Å². The Morgan fingerprint density at radius 3 is 2.41 bits per heavy atom. The number of alkyl halides is 2. The molecule has 3 nitrogen and oxygen atoms in total. The minimum atomic E-state index is -2.64. The first-order chi connectivity index (χ1) is 12.9. The van der Waals surface area contributed by atoms with Crippen molar-refractivity contribution in [2.24, 2.45) is 0 Å². The molecule has 1 N–H and O–H groups in total. The Balaban J connectivity index is 2.36. The van der Waals surface area contributed by atoms with Gasteiger partial charge in [0.15, 0.2) is 0 Å². The molecule has 2 rings (SSSR count). The lowest BCUT2D eigenvalue weighted by atomic mass is 10.0. The summed E-state index contributed by atoms with van der Waals surface area (Å²) in [6.07, 6.45) is -0.646. The zero-order valence-electron chi connectivity index (χ0n) is 16.4. The third-order valence-electron chi connectivity index (χ3n) is 4.70. The third kappa shape index (κ3) is 5.06. The fraction of sp³-hybridized carbons (Fsp3) is 0.409. The fourth-order valence-corrected chi connectivity index (χ4v) is 3.04. The van der Waals surface area contributed by atoms with Crippen LogP contribution >= 0.6 is 0 Å². The summed E-state index contributed by atoms with van der Waals surface area (Å²) in [4.78, 5) is 11.8. The highest BCUT2D eigenvalue weighted by atomic mass is 19.3. The third-order valence-corrected chi connectivity index (χ3v) is 4.70. The van der Waals surface area contributed by atoms with Crippen LogP contribution < -0.4 is 10.1 Å². The second-order valence-corrected chi connectivity index (χ2v) is 6.46. The lowest BCUT2D eigenvalue weighted by Gasteiger charge is -2.18. The predicted molar refractivity (Wildman–Crippen MR) is 105 cm³/mol. The van der Waals surface area contributed by atoms with Crippen LogP contribution in [0.4, 0.5) is 14.5 Å². The largest absolute Gasteiger partial charge is 0.489 e. The van der Waals surface area contributed by atoms with E-state index >= 15 is 0 Å².